The molecule has 2 aromatic rings. The van der Waals surface area contributed by atoms with Gasteiger partial charge in [0.05, 0.1) is 11.6 Å². The molecule has 0 bridgehead atoms. The molecule has 0 amide bonds. The molecule has 0 saturated heterocycles. The highest BCUT2D eigenvalue weighted by Gasteiger charge is 2.01. The lowest BCUT2D eigenvalue weighted by molar-refractivity contribution is 0.124. The molecule has 21 heavy (non-hydrogen) atoms. The van der Waals surface area contributed by atoms with E-state index in [1.807, 2.05) is 30.3 Å². The molecular weight excluding hydrogens is 307 g/mol. The van der Waals surface area contributed by atoms with Crippen LogP contribution in [0.15, 0.2) is 48.5 Å². The average molecular weight is 321 g/mol. The van der Waals surface area contributed by atoms with E-state index >= 15 is 0 Å². The standard InChI is InChI=1S/C17H14Cl2O2/c18-15-8-9-17(16(19)13-15)21-12-11-20-10-4-7-14-5-2-1-3-6-14/h1-3,5-6,8-9,13H,10-12H2. The van der Waals surface area contributed by atoms with Crippen molar-refractivity contribution in [2.45, 2.75) is 0 Å². The zero-order valence-electron chi connectivity index (χ0n) is 11.3. The number of hydrogen-bond donors (Lipinski definition) is 0. The Morgan fingerprint density at radius 3 is 2.52 bits per heavy atom. The van der Waals surface area contributed by atoms with Gasteiger partial charge >= 0.3 is 0 Å². The second-order valence-corrected chi connectivity index (χ2v) is 4.99. The Hall–Kier alpha value is -1.66. The monoisotopic (exact) mass is 320 g/mol. The minimum Gasteiger partial charge on any atom is -0.490 e. The summed E-state index contributed by atoms with van der Waals surface area (Å²) in [4.78, 5) is 0. The van der Waals surface area contributed by atoms with Crippen LogP contribution in [0.1, 0.15) is 5.56 Å². The van der Waals surface area contributed by atoms with E-state index in [0.29, 0.717) is 35.6 Å². The molecule has 0 aliphatic carbocycles. The van der Waals surface area contributed by atoms with Crippen LogP contribution in [0.25, 0.3) is 0 Å². The first-order valence-corrected chi connectivity index (χ1v) is 7.21. The van der Waals surface area contributed by atoms with Crippen LogP contribution in [0, 0.1) is 11.8 Å². The third kappa shape index (κ3) is 5.69. The van der Waals surface area contributed by atoms with E-state index in [1.54, 1.807) is 18.2 Å². The molecule has 0 spiro atoms. The van der Waals surface area contributed by atoms with Gasteiger partial charge in [-0.15, -0.1) is 0 Å². The Labute approximate surface area is 134 Å². The molecule has 0 unspecified atom stereocenters. The lowest BCUT2D eigenvalue weighted by atomic mass is 10.2. The second kappa shape index (κ2) is 8.59. The Morgan fingerprint density at radius 1 is 0.952 bits per heavy atom. The highest BCUT2D eigenvalue weighted by atomic mass is 35.5. The summed E-state index contributed by atoms with van der Waals surface area (Å²) < 4.78 is 10.9. The molecule has 0 saturated carbocycles. The maximum absolute atomic E-state index is 5.99. The number of ether oxygens (including phenoxy) is 2. The largest absolute Gasteiger partial charge is 0.490 e. The Morgan fingerprint density at radius 2 is 1.76 bits per heavy atom. The van der Waals surface area contributed by atoms with Gasteiger partial charge in [0.25, 0.3) is 0 Å². The van der Waals surface area contributed by atoms with Gasteiger partial charge in [0.1, 0.15) is 19.0 Å². The van der Waals surface area contributed by atoms with E-state index in [9.17, 15) is 0 Å². The van der Waals surface area contributed by atoms with Crippen molar-refractivity contribution in [3.05, 3.63) is 64.1 Å². The maximum atomic E-state index is 5.99. The SMILES string of the molecule is Clc1ccc(OCCOCC#Cc2ccccc2)c(Cl)c1. The van der Waals surface area contributed by atoms with Crippen LogP contribution in [0.2, 0.25) is 10.0 Å². The molecule has 0 aliphatic heterocycles. The quantitative estimate of drug-likeness (QED) is 0.599. The topological polar surface area (TPSA) is 18.5 Å². The smallest absolute Gasteiger partial charge is 0.138 e. The summed E-state index contributed by atoms with van der Waals surface area (Å²) in [5, 5.41) is 1.08. The molecule has 108 valence electrons. The predicted octanol–water partition coefficient (Wildman–Crippen LogP) is 4.44. The van der Waals surface area contributed by atoms with Gasteiger partial charge in [-0.05, 0) is 30.3 Å². The van der Waals surface area contributed by atoms with Crippen LogP contribution in [0.4, 0.5) is 0 Å². The summed E-state index contributed by atoms with van der Waals surface area (Å²) in [6.07, 6.45) is 0. The minimum absolute atomic E-state index is 0.368. The van der Waals surface area contributed by atoms with Gasteiger partial charge in [-0.3, -0.25) is 0 Å². The Kier molecular flexibility index (Phi) is 6.43. The zero-order chi connectivity index (χ0) is 14.9. The van der Waals surface area contributed by atoms with E-state index in [1.165, 1.54) is 0 Å². The van der Waals surface area contributed by atoms with Crippen LogP contribution >= 0.6 is 23.2 Å². The lowest BCUT2D eigenvalue weighted by Gasteiger charge is -2.07. The van der Waals surface area contributed by atoms with Gasteiger partial charge in [-0.1, -0.05) is 53.2 Å². The molecular formula is C17H14Cl2O2. The number of rotatable bonds is 5. The van der Waals surface area contributed by atoms with Crippen molar-refractivity contribution < 1.29 is 9.47 Å². The molecule has 0 fully saturated rings. The summed E-state index contributed by atoms with van der Waals surface area (Å²) in [6, 6.07) is 14.9. The first-order chi connectivity index (χ1) is 10.3. The molecule has 0 aliphatic rings. The van der Waals surface area contributed by atoms with Crippen molar-refractivity contribution in [1.82, 2.24) is 0 Å². The van der Waals surface area contributed by atoms with Crippen LogP contribution in [0.3, 0.4) is 0 Å². The Bertz CT molecular complexity index is 630. The number of benzene rings is 2. The normalized spacial score (nSPS) is 9.81. The van der Waals surface area contributed by atoms with E-state index in [0.717, 1.165) is 5.56 Å². The fraction of sp³-hybridized carbons (Fsp3) is 0.176. The number of hydrogen-bond acceptors (Lipinski definition) is 2. The minimum atomic E-state index is 0.368. The molecule has 0 aromatic heterocycles. The van der Waals surface area contributed by atoms with Crippen molar-refractivity contribution >= 4 is 23.2 Å². The van der Waals surface area contributed by atoms with Crippen molar-refractivity contribution in [2.24, 2.45) is 0 Å². The molecule has 2 nitrogen and oxygen atoms in total. The molecule has 4 heteroatoms. The Balaban J connectivity index is 1.65. The molecule has 0 heterocycles. The van der Waals surface area contributed by atoms with Crippen molar-refractivity contribution in [1.29, 1.82) is 0 Å². The van der Waals surface area contributed by atoms with E-state index in [-0.39, 0.29) is 0 Å². The van der Waals surface area contributed by atoms with Crippen molar-refractivity contribution in [2.75, 3.05) is 19.8 Å². The van der Waals surface area contributed by atoms with Gasteiger partial charge in [-0.25, -0.2) is 0 Å². The van der Waals surface area contributed by atoms with Crippen LogP contribution < -0.4 is 4.74 Å². The molecule has 0 atom stereocenters. The van der Waals surface area contributed by atoms with Crippen molar-refractivity contribution in [3.8, 4) is 17.6 Å². The molecule has 0 radical (unpaired) electrons. The summed E-state index contributed by atoms with van der Waals surface area (Å²) in [6.45, 7) is 1.23. The highest BCUT2D eigenvalue weighted by Crippen LogP contribution is 2.27. The maximum Gasteiger partial charge on any atom is 0.138 e. The lowest BCUT2D eigenvalue weighted by Crippen LogP contribution is -2.07. The van der Waals surface area contributed by atoms with Gasteiger partial charge in [-0.2, -0.15) is 0 Å². The third-order valence-electron chi connectivity index (χ3n) is 2.56. The average Bonchev–Trinajstić information content (AvgIpc) is 2.49. The van der Waals surface area contributed by atoms with Crippen LogP contribution in [-0.4, -0.2) is 19.8 Å². The zero-order valence-corrected chi connectivity index (χ0v) is 12.8. The molecule has 0 N–H and O–H groups in total. The summed E-state index contributed by atoms with van der Waals surface area (Å²) >= 11 is 11.8. The second-order valence-electron chi connectivity index (χ2n) is 4.14. The first kappa shape index (κ1) is 15.7. The van der Waals surface area contributed by atoms with Gasteiger partial charge in [0.2, 0.25) is 0 Å². The third-order valence-corrected chi connectivity index (χ3v) is 3.09. The number of halogens is 2. The van der Waals surface area contributed by atoms with Gasteiger partial charge in [0, 0.05) is 10.6 Å². The van der Waals surface area contributed by atoms with E-state index < -0.39 is 0 Å². The highest BCUT2D eigenvalue weighted by molar-refractivity contribution is 6.35. The van der Waals surface area contributed by atoms with E-state index in [2.05, 4.69) is 11.8 Å². The first-order valence-electron chi connectivity index (χ1n) is 6.45. The predicted molar refractivity (Wildman–Crippen MR) is 86.1 cm³/mol. The fourth-order valence-corrected chi connectivity index (χ4v) is 2.05. The van der Waals surface area contributed by atoms with Gasteiger partial charge in [0.15, 0.2) is 0 Å². The van der Waals surface area contributed by atoms with E-state index in [4.69, 9.17) is 32.7 Å². The van der Waals surface area contributed by atoms with Crippen molar-refractivity contribution in [3.63, 3.8) is 0 Å². The van der Waals surface area contributed by atoms with Crippen LogP contribution in [0.5, 0.6) is 5.75 Å². The summed E-state index contributed by atoms with van der Waals surface area (Å²) in [5.74, 6) is 6.56. The molecule has 2 aromatic carbocycles. The van der Waals surface area contributed by atoms with Gasteiger partial charge < -0.3 is 9.47 Å². The van der Waals surface area contributed by atoms with Crippen LogP contribution in [-0.2, 0) is 4.74 Å². The summed E-state index contributed by atoms with van der Waals surface area (Å²) in [5.41, 5.74) is 0.977. The summed E-state index contributed by atoms with van der Waals surface area (Å²) in [7, 11) is 0. The molecule has 2 rings (SSSR count). The fourth-order valence-electron chi connectivity index (χ4n) is 1.59.